The van der Waals surface area contributed by atoms with Gasteiger partial charge in [0.2, 0.25) is 0 Å². The zero-order chi connectivity index (χ0) is 23.2. The second-order valence-electron chi connectivity index (χ2n) is 6.88. The van der Waals surface area contributed by atoms with Gasteiger partial charge in [-0.3, -0.25) is 9.59 Å². The smallest absolute Gasteiger partial charge is 0.318 e. The van der Waals surface area contributed by atoms with E-state index in [1.54, 1.807) is 35.1 Å². The molecular formula is C24H17BrClN5O2. The Hall–Kier alpha value is -3.75. The number of nitrogens with zero attached hydrogens (tertiary/aromatic N) is 3. The number of rotatable bonds is 5. The highest BCUT2D eigenvalue weighted by atomic mass is 79.9. The third kappa shape index (κ3) is 5.74. The first-order valence-electron chi connectivity index (χ1n) is 9.80. The maximum Gasteiger partial charge on any atom is 0.329 e. The summed E-state index contributed by atoms with van der Waals surface area (Å²) in [6, 6.07) is 23.7. The topological polar surface area (TPSA) is 88.4 Å². The lowest BCUT2D eigenvalue weighted by Crippen LogP contribution is -2.32. The molecule has 0 fully saturated rings. The quantitative estimate of drug-likeness (QED) is 0.219. The lowest BCUT2D eigenvalue weighted by molar-refractivity contribution is -0.136. The van der Waals surface area contributed by atoms with E-state index in [9.17, 15) is 9.59 Å². The number of halogens is 2. The zero-order valence-corrected chi connectivity index (χ0v) is 19.4. The van der Waals surface area contributed by atoms with Crippen molar-refractivity contribution in [2.24, 2.45) is 5.10 Å². The van der Waals surface area contributed by atoms with Crippen LogP contribution in [0.3, 0.4) is 0 Å². The van der Waals surface area contributed by atoms with Crippen LogP contribution in [0.1, 0.15) is 5.56 Å². The van der Waals surface area contributed by atoms with E-state index < -0.39 is 11.8 Å². The Morgan fingerprint density at radius 1 is 0.939 bits per heavy atom. The average molecular weight is 523 g/mol. The number of hydrogen-bond donors (Lipinski definition) is 2. The third-order valence-electron chi connectivity index (χ3n) is 4.56. The number of para-hydroxylation sites is 1. The monoisotopic (exact) mass is 521 g/mol. The van der Waals surface area contributed by atoms with E-state index in [1.165, 1.54) is 6.21 Å². The number of nitrogens with one attached hydrogen (secondary N) is 2. The molecule has 0 aliphatic carbocycles. The molecule has 4 aromatic rings. The summed E-state index contributed by atoms with van der Waals surface area (Å²) in [5.41, 5.74) is 5.79. The summed E-state index contributed by atoms with van der Waals surface area (Å²) in [5.74, 6) is -1.75. The molecule has 3 aromatic carbocycles. The molecule has 164 valence electrons. The predicted octanol–water partition coefficient (Wildman–Crippen LogP) is 5.04. The van der Waals surface area contributed by atoms with Crippen LogP contribution in [0.2, 0.25) is 5.02 Å². The molecule has 7 nitrogen and oxygen atoms in total. The van der Waals surface area contributed by atoms with Crippen LogP contribution in [0.15, 0.2) is 94.6 Å². The standard InChI is InChI=1S/C24H17BrClN5O2/c25-18-8-6-16(7-9-18)22-17(15-31(30-22)21-4-2-1-3-5-21)14-27-29-24(33)23(32)28-20-12-10-19(26)11-13-20/h1-15H,(H,28,32)(H,29,33). The van der Waals surface area contributed by atoms with Gasteiger partial charge >= 0.3 is 11.8 Å². The minimum absolute atomic E-state index is 0.449. The first-order valence-corrected chi connectivity index (χ1v) is 11.0. The summed E-state index contributed by atoms with van der Waals surface area (Å²) in [5, 5.41) is 11.7. The Labute approximate surface area is 203 Å². The molecule has 33 heavy (non-hydrogen) atoms. The summed E-state index contributed by atoms with van der Waals surface area (Å²) >= 11 is 9.26. The van der Waals surface area contributed by atoms with E-state index in [-0.39, 0.29) is 0 Å². The Kier molecular flexibility index (Phi) is 6.97. The molecule has 0 bridgehead atoms. The number of amides is 2. The van der Waals surface area contributed by atoms with Crippen molar-refractivity contribution in [2.45, 2.75) is 0 Å². The lowest BCUT2D eigenvalue weighted by Gasteiger charge is -2.03. The molecule has 0 saturated carbocycles. The van der Waals surface area contributed by atoms with E-state index in [2.05, 4.69) is 36.9 Å². The third-order valence-corrected chi connectivity index (χ3v) is 5.34. The second kappa shape index (κ2) is 10.2. The molecule has 0 radical (unpaired) electrons. The largest absolute Gasteiger partial charge is 0.329 e. The Bertz CT molecular complexity index is 1300. The van der Waals surface area contributed by atoms with Crippen molar-refractivity contribution < 1.29 is 9.59 Å². The van der Waals surface area contributed by atoms with E-state index in [0.29, 0.717) is 22.0 Å². The molecule has 4 rings (SSSR count). The van der Waals surface area contributed by atoms with Gasteiger partial charge in [0.05, 0.1) is 11.9 Å². The highest BCUT2D eigenvalue weighted by Crippen LogP contribution is 2.24. The Balaban J connectivity index is 1.52. The number of anilines is 1. The highest BCUT2D eigenvalue weighted by Gasteiger charge is 2.14. The molecule has 0 spiro atoms. The first kappa shape index (κ1) is 22.4. The average Bonchev–Trinajstić information content (AvgIpc) is 3.25. The van der Waals surface area contributed by atoms with Crippen molar-refractivity contribution in [3.8, 4) is 16.9 Å². The fraction of sp³-hybridized carbons (Fsp3) is 0. The van der Waals surface area contributed by atoms with Gasteiger partial charge in [0.25, 0.3) is 0 Å². The number of benzene rings is 3. The minimum Gasteiger partial charge on any atom is -0.318 e. The van der Waals surface area contributed by atoms with Crippen molar-refractivity contribution in [2.75, 3.05) is 5.32 Å². The summed E-state index contributed by atoms with van der Waals surface area (Å²) in [6.45, 7) is 0. The van der Waals surface area contributed by atoms with Crippen molar-refractivity contribution >= 4 is 51.2 Å². The fourth-order valence-electron chi connectivity index (χ4n) is 2.96. The molecule has 9 heteroatoms. The van der Waals surface area contributed by atoms with Gasteiger partial charge in [-0.2, -0.15) is 10.2 Å². The molecule has 2 amide bonds. The molecule has 0 atom stereocenters. The van der Waals surface area contributed by atoms with Gasteiger partial charge in [0.1, 0.15) is 5.69 Å². The van der Waals surface area contributed by atoms with E-state index in [4.69, 9.17) is 11.6 Å². The number of carbonyl (C=O) groups excluding carboxylic acids is 2. The molecule has 0 unspecified atom stereocenters. The van der Waals surface area contributed by atoms with Gasteiger partial charge in [-0.15, -0.1) is 0 Å². The maximum absolute atomic E-state index is 12.1. The maximum atomic E-state index is 12.1. The lowest BCUT2D eigenvalue weighted by atomic mass is 10.1. The molecule has 1 heterocycles. The van der Waals surface area contributed by atoms with Gasteiger partial charge in [-0.25, -0.2) is 10.1 Å². The summed E-state index contributed by atoms with van der Waals surface area (Å²) in [4.78, 5) is 24.2. The van der Waals surface area contributed by atoms with Gasteiger partial charge in [-0.05, 0) is 48.5 Å². The van der Waals surface area contributed by atoms with Gasteiger partial charge in [0, 0.05) is 32.5 Å². The molecular weight excluding hydrogens is 506 g/mol. The fourth-order valence-corrected chi connectivity index (χ4v) is 3.35. The summed E-state index contributed by atoms with van der Waals surface area (Å²) in [7, 11) is 0. The predicted molar refractivity (Wildman–Crippen MR) is 133 cm³/mol. The van der Waals surface area contributed by atoms with E-state index in [1.807, 2.05) is 54.6 Å². The summed E-state index contributed by atoms with van der Waals surface area (Å²) in [6.07, 6.45) is 3.26. The highest BCUT2D eigenvalue weighted by molar-refractivity contribution is 9.10. The van der Waals surface area contributed by atoms with Gasteiger partial charge in [0.15, 0.2) is 0 Å². The van der Waals surface area contributed by atoms with Crippen molar-refractivity contribution in [3.63, 3.8) is 0 Å². The number of aromatic nitrogens is 2. The van der Waals surface area contributed by atoms with Crippen LogP contribution in [0.25, 0.3) is 16.9 Å². The van der Waals surface area contributed by atoms with Gasteiger partial charge in [-0.1, -0.05) is 57.9 Å². The van der Waals surface area contributed by atoms with Crippen LogP contribution in [0, 0.1) is 0 Å². The van der Waals surface area contributed by atoms with Crippen molar-refractivity contribution in [3.05, 3.63) is 100 Å². The van der Waals surface area contributed by atoms with Crippen LogP contribution in [-0.2, 0) is 9.59 Å². The number of carbonyl (C=O) groups is 2. The van der Waals surface area contributed by atoms with Crippen LogP contribution in [-0.4, -0.2) is 27.8 Å². The van der Waals surface area contributed by atoms with Crippen molar-refractivity contribution in [1.82, 2.24) is 15.2 Å². The molecule has 0 aliphatic rings. The summed E-state index contributed by atoms with van der Waals surface area (Å²) < 4.78 is 2.68. The van der Waals surface area contributed by atoms with Crippen LogP contribution in [0.4, 0.5) is 5.69 Å². The van der Waals surface area contributed by atoms with Crippen LogP contribution < -0.4 is 10.7 Å². The normalized spacial score (nSPS) is 10.8. The zero-order valence-electron chi connectivity index (χ0n) is 17.1. The minimum atomic E-state index is -0.901. The number of hydrazone groups is 1. The first-order chi connectivity index (χ1) is 16.0. The Morgan fingerprint density at radius 3 is 2.33 bits per heavy atom. The van der Waals surface area contributed by atoms with E-state index >= 15 is 0 Å². The van der Waals surface area contributed by atoms with Crippen molar-refractivity contribution in [1.29, 1.82) is 0 Å². The Morgan fingerprint density at radius 2 is 1.64 bits per heavy atom. The van der Waals surface area contributed by atoms with Gasteiger partial charge < -0.3 is 5.32 Å². The second-order valence-corrected chi connectivity index (χ2v) is 8.23. The molecule has 1 aromatic heterocycles. The molecule has 0 aliphatic heterocycles. The van der Waals surface area contributed by atoms with Crippen LogP contribution in [0.5, 0.6) is 0 Å². The SMILES string of the molecule is O=C(NN=Cc1cn(-c2ccccc2)nc1-c1ccc(Br)cc1)C(=O)Nc1ccc(Cl)cc1. The van der Waals surface area contributed by atoms with E-state index in [0.717, 1.165) is 15.7 Å². The molecule has 0 saturated heterocycles. The molecule has 2 N–H and O–H groups in total. The number of hydrogen-bond acceptors (Lipinski definition) is 4. The van der Waals surface area contributed by atoms with Crippen LogP contribution >= 0.6 is 27.5 Å².